The number of methoxy groups -OCH3 is 1. The minimum Gasteiger partial charge on any atom is -0.497 e. The van der Waals surface area contributed by atoms with Crippen molar-refractivity contribution in [1.29, 1.82) is 0 Å². The van der Waals surface area contributed by atoms with Gasteiger partial charge in [-0.15, -0.1) is 11.3 Å². The number of aromatic amines is 1. The Balaban J connectivity index is 1.40. The molecule has 5 rings (SSSR count). The summed E-state index contributed by atoms with van der Waals surface area (Å²) >= 11 is 1.58. The number of quaternary nitrogens is 1. The van der Waals surface area contributed by atoms with Crippen molar-refractivity contribution >= 4 is 21.6 Å². The van der Waals surface area contributed by atoms with Gasteiger partial charge in [0.1, 0.15) is 23.7 Å². The Bertz CT molecular complexity index is 1210. The molecule has 1 aliphatic rings. The van der Waals surface area contributed by atoms with Gasteiger partial charge in [0.05, 0.1) is 18.5 Å². The second kappa shape index (κ2) is 8.05. The summed E-state index contributed by atoms with van der Waals surface area (Å²) in [6, 6.07) is 21.0. The lowest BCUT2D eigenvalue weighted by Gasteiger charge is -2.19. The number of hydrogen-bond donors (Lipinski definition) is 2. The van der Waals surface area contributed by atoms with Gasteiger partial charge in [-0.05, 0) is 35.9 Å². The van der Waals surface area contributed by atoms with E-state index < -0.39 is 0 Å². The van der Waals surface area contributed by atoms with Gasteiger partial charge in [0.25, 0.3) is 5.56 Å². The number of H-pyrrole nitrogens is 1. The van der Waals surface area contributed by atoms with Crippen LogP contribution in [0.3, 0.4) is 0 Å². The highest BCUT2D eigenvalue weighted by Crippen LogP contribution is 2.30. The maximum atomic E-state index is 12.7. The molecule has 0 bridgehead atoms. The van der Waals surface area contributed by atoms with Crippen LogP contribution in [0.2, 0.25) is 0 Å². The van der Waals surface area contributed by atoms with Gasteiger partial charge in [-0.25, -0.2) is 4.98 Å². The molecule has 2 heterocycles. The highest BCUT2D eigenvalue weighted by atomic mass is 32.1. The zero-order valence-electron chi connectivity index (χ0n) is 16.9. The second-order valence-electron chi connectivity index (χ2n) is 7.84. The molecule has 1 saturated carbocycles. The van der Waals surface area contributed by atoms with E-state index in [1.54, 1.807) is 18.4 Å². The predicted molar refractivity (Wildman–Crippen MR) is 120 cm³/mol. The fraction of sp³-hybridized carbons (Fsp3) is 0.250. The zero-order chi connectivity index (χ0) is 20.5. The first-order valence-corrected chi connectivity index (χ1v) is 11.1. The van der Waals surface area contributed by atoms with Crippen molar-refractivity contribution in [3.05, 3.63) is 82.4 Å². The van der Waals surface area contributed by atoms with Gasteiger partial charge in [0.15, 0.2) is 5.82 Å². The van der Waals surface area contributed by atoms with E-state index in [2.05, 4.69) is 29.2 Å². The van der Waals surface area contributed by atoms with Crippen LogP contribution in [0, 0.1) is 0 Å². The Morgan fingerprint density at radius 3 is 2.57 bits per heavy atom. The van der Waals surface area contributed by atoms with E-state index in [0.29, 0.717) is 11.4 Å². The fourth-order valence-electron chi connectivity index (χ4n) is 3.87. The molecule has 0 radical (unpaired) electrons. The lowest BCUT2D eigenvalue weighted by Crippen LogP contribution is -3.10. The molecular weight excluding hydrogens is 394 g/mol. The molecule has 1 unspecified atom stereocenters. The Hall–Kier alpha value is -2.96. The summed E-state index contributed by atoms with van der Waals surface area (Å²) in [5.74, 6) is 1.64. The number of benzene rings is 2. The van der Waals surface area contributed by atoms with Crippen LogP contribution in [-0.4, -0.2) is 23.1 Å². The molecule has 152 valence electrons. The largest absolute Gasteiger partial charge is 0.497 e. The number of thiophene rings is 1. The maximum Gasteiger partial charge on any atom is 0.259 e. The van der Waals surface area contributed by atoms with Crippen molar-refractivity contribution in [2.24, 2.45) is 0 Å². The lowest BCUT2D eigenvalue weighted by atomic mass is 10.2. The maximum absolute atomic E-state index is 12.7. The molecule has 4 aromatic rings. The number of ether oxygens (including phenoxy) is 1. The second-order valence-corrected chi connectivity index (χ2v) is 8.87. The van der Waals surface area contributed by atoms with Gasteiger partial charge in [-0.2, -0.15) is 0 Å². The third kappa shape index (κ3) is 4.01. The van der Waals surface area contributed by atoms with E-state index in [1.165, 1.54) is 23.3 Å². The topological polar surface area (TPSA) is 59.4 Å². The molecule has 0 saturated heterocycles. The summed E-state index contributed by atoms with van der Waals surface area (Å²) in [4.78, 5) is 23.9. The Morgan fingerprint density at radius 2 is 1.87 bits per heavy atom. The molecule has 1 fully saturated rings. The molecule has 30 heavy (non-hydrogen) atoms. The van der Waals surface area contributed by atoms with E-state index in [-0.39, 0.29) is 5.56 Å². The van der Waals surface area contributed by atoms with Crippen LogP contribution in [0.5, 0.6) is 5.75 Å². The van der Waals surface area contributed by atoms with Gasteiger partial charge < -0.3 is 14.6 Å². The highest BCUT2D eigenvalue weighted by Gasteiger charge is 2.34. The van der Waals surface area contributed by atoms with Crippen molar-refractivity contribution in [3.8, 4) is 16.2 Å². The first-order chi connectivity index (χ1) is 14.7. The molecule has 0 spiro atoms. The number of rotatable bonds is 7. The Labute approximate surface area is 179 Å². The van der Waals surface area contributed by atoms with Gasteiger partial charge in [-0.3, -0.25) is 4.79 Å². The quantitative estimate of drug-likeness (QED) is 0.484. The summed E-state index contributed by atoms with van der Waals surface area (Å²) in [6.07, 6.45) is 2.46. The summed E-state index contributed by atoms with van der Waals surface area (Å²) in [5.41, 5.74) is 2.34. The summed E-state index contributed by atoms with van der Waals surface area (Å²) in [6.45, 7) is 1.64. The molecule has 0 amide bonds. The number of aromatic nitrogens is 2. The minimum atomic E-state index is -0.0481. The lowest BCUT2D eigenvalue weighted by molar-refractivity contribution is -0.939. The van der Waals surface area contributed by atoms with Crippen LogP contribution in [0.25, 0.3) is 20.7 Å². The van der Waals surface area contributed by atoms with Gasteiger partial charge in [-0.1, -0.05) is 30.3 Å². The standard InChI is InChI=1S/C24H23N3O2S/c1-29-19-11-7-16(8-12-19)14-27(18-9-10-18)15-22-25-23(28)20-13-21(30-24(20)26-22)17-5-3-2-4-6-17/h2-8,11-13,18H,9-10,14-15H2,1H3,(H,25,26,28)/p+1. The van der Waals surface area contributed by atoms with E-state index in [1.807, 2.05) is 36.4 Å². The van der Waals surface area contributed by atoms with Crippen molar-refractivity contribution in [3.63, 3.8) is 0 Å². The van der Waals surface area contributed by atoms with E-state index in [0.717, 1.165) is 39.9 Å². The molecule has 2 N–H and O–H groups in total. The van der Waals surface area contributed by atoms with Crippen LogP contribution >= 0.6 is 11.3 Å². The van der Waals surface area contributed by atoms with Crippen molar-refractivity contribution in [2.45, 2.75) is 32.0 Å². The SMILES string of the molecule is COc1ccc(C[NH+](Cc2nc3sc(-c4ccccc4)cc3c(=O)[nH]2)C2CC2)cc1. The van der Waals surface area contributed by atoms with Crippen LogP contribution in [0.15, 0.2) is 65.5 Å². The smallest absolute Gasteiger partial charge is 0.259 e. The molecule has 6 heteroatoms. The van der Waals surface area contributed by atoms with Gasteiger partial charge >= 0.3 is 0 Å². The van der Waals surface area contributed by atoms with Crippen molar-refractivity contribution in [1.82, 2.24) is 9.97 Å². The fourth-order valence-corrected chi connectivity index (χ4v) is 4.92. The number of hydrogen-bond acceptors (Lipinski definition) is 4. The molecule has 1 aliphatic carbocycles. The average Bonchev–Trinajstić information content (AvgIpc) is 3.53. The first-order valence-electron chi connectivity index (χ1n) is 10.3. The van der Waals surface area contributed by atoms with Gasteiger partial charge in [0, 0.05) is 23.3 Å². The molecule has 5 nitrogen and oxygen atoms in total. The minimum absolute atomic E-state index is 0.0481. The third-order valence-corrected chi connectivity index (χ3v) is 6.73. The first kappa shape index (κ1) is 19.0. The van der Waals surface area contributed by atoms with E-state index in [4.69, 9.17) is 9.72 Å². The average molecular weight is 419 g/mol. The van der Waals surface area contributed by atoms with Crippen LogP contribution in [0.1, 0.15) is 24.2 Å². The molecular formula is C24H24N3O2S+. The normalized spacial score (nSPS) is 14.7. The number of nitrogens with one attached hydrogen (secondary N) is 2. The Kier molecular flexibility index (Phi) is 5.11. The molecule has 0 aliphatic heterocycles. The van der Waals surface area contributed by atoms with Crippen molar-refractivity contribution in [2.75, 3.05) is 7.11 Å². The van der Waals surface area contributed by atoms with Crippen LogP contribution in [0.4, 0.5) is 0 Å². The van der Waals surface area contributed by atoms with E-state index in [9.17, 15) is 4.79 Å². The van der Waals surface area contributed by atoms with Crippen molar-refractivity contribution < 1.29 is 9.64 Å². The monoisotopic (exact) mass is 418 g/mol. The summed E-state index contributed by atoms with van der Waals surface area (Å²) in [7, 11) is 1.68. The van der Waals surface area contributed by atoms with Gasteiger partial charge in [0.2, 0.25) is 0 Å². The highest BCUT2D eigenvalue weighted by molar-refractivity contribution is 7.21. The molecule has 1 atom stereocenters. The summed E-state index contributed by atoms with van der Waals surface area (Å²) in [5, 5.41) is 0.672. The number of nitrogens with zero attached hydrogens (tertiary/aromatic N) is 1. The molecule has 2 aromatic heterocycles. The van der Waals surface area contributed by atoms with Crippen LogP contribution < -0.4 is 15.2 Å². The van der Waals surface area contributed by atoms with Crippen LogP contribution in [-0.2, 0) is 13.1 Å². The Morgan fingerprint density at radius 1 is 1.10 bits per heavy atom. The number of fused-ring (bicyclic) bond motifs is 1. The van der Waals surface area contributed by atoms with E-state index >= 15 is 0 Å². The predicted octanol–water partition coefficient (Wildman–Crippen LogP) is 3.41. The summed E-state index contributed by atoms with van der Waals surface area (Å²) < 4.78 is 5.26. The third-order valence-electron chi connectivity index (χ3n) is 5.65. The zero-order valence-corrected chi connectivity index (χ0v) is 17.7. The molecule has 2 aromatic carbocycles.